The molecule has 0 saturated carbocycles. The molecule has 1 aromatic carbocycles. The molecule has 126 valence electrons. The lowest BCUT2D eigenvalue weighted by Crippen LogP contribution is -2.43. The summed E-state index contributed by atoms with van der Waals surface area (Å²) in [7, 11) is 2.05. The molecule has 2 aliphatic rings. The predicted octanol–water partition coefficient (Wildman–Crippen LogP) is 2.33. The van der Waals surface area contributed by atoms with E-state index in [-0.39, 0.29) is 6.03 Å². The van der Waals surface area contributed by atoms with Gasteiger partial charge in [-0.1, -0.05) is 18.2 Å². The maximum atomic E-state index is 12.4. The van der Waals surface area contributed by atoms with Crippen LogP contribution in [0.1, 0.15) is 19.3 Å². The molecule has 2 fully saturated rings. The van der Waals surface area contributed by atoms with E-state index in [9.17, 15) is 4.79 Å². The van der Waals surface area contributed by atoms with E-state index in [1.54, 1.807) is 0 Å². The highest BCUT2D eigenvalue weighted by molar-refractivity contribution is 5.74. The quantitative estimate of drug-likeness (QED) is 0.927. The normalized spacial score (nSPS) is 19.8. The number of carbonyl (C=O) groups is 1. The molecule has 0 aromatic heterocycles. The second-order valence-electron chi connectivity index (χ2n) is 6.77. The number of hydrogen-bond donors (Lipinski definition) is 1. The van der Waals surface area contributed by atoms with Crippen LogP contribution >= 0.6 is 0 Å². The highest BCUT2D eigenvalue weighted by Gasteiger charge is 2.40. The summed E-state index contributed by atoms with van der Waals surface area (Å²) in [5.41, 5.74) is 1.49. The van der Waals surface area contributed by atoms with Crippen LogP contribution in [0.5, 0.6) is 0 Å². The minimum atomic E-state index is 0.0785. The van der Waals surface area contributed by atoms with Gasteiger partial charge in [0.2, 0.25) is 0 Å². The van der Waals surface area contributed by atoms with Gasteiger partial charge in [0, 0.05) is 52.1 Å². The number of benzene rings is 1. The standard InChI is InChI=1S/C18H27N3O2/c1-20(16-5-3-2-4-6-16)12-10-19-17(22)21-11-7-18(15-21)8-13-23-14-9-18/h2-6H,7-15H2,1H3,(H,19,22). The Kier molecular flexibility index (Phi) is 5.06. The largest absolute Gasteiger partial charge is 0.381 e. The molecule has 1 aromatic rings. The molecule has 0 aliphatic carbocycles. The lowest BCUT2D eigenvalue weighted by Gasteiger charge is -2.33. The summed E-state index contributed by atoms with van der Waals surface area (Å²) in [6.07, 6.45) is 3.30. The Morgan fingerprint density at radius 3 is 2.74 bits per heavy atom. The summed E-state index contributed by atoms with van der Waals surface area (Å²) in [4.78, 5) is 16.5. The highest BCUT2D eigenvalue weighted by atomic mass is 16.5. The van der Waals surface area contributed by atoms with Gasteiger partial charge in [0.15, 0.2) is 0 Å². The molecule has 0 bridgehead atoms. The van der Waals surface area contributed by atoms with Gasteiger partial charge in [0.25, 0.3) is 0 Å². The van der Waals surface area contributed by atoms with Crippen molar-refractivity contribution in [3.05, 3.63) is 30.3 Å². The molecule has 5 heteroatoms. The Labute approximate surface area is 138 Å². The van der Waals surface area contributed by atoms with Crippen molar-refractivity contribution in [1.29, 1.82) is 0 Å². The van der Waals surface area contributed by atoms with Gasteiger partial charge >= 0.3 is 6.03 Å². The fraction of sp³-hybridized carbons (Fsp3) is 0.611. The van der Waals surface area contributed by atoms with Crippen molar-refractivity contribution in [3.63, 3.8) is 0 Å². The van der Waals surface area contributed by atoms with Gasteiger partial charge < -0.3 is 19.9 Å². The maximum Gasteiger partial charge on any atom is 0.317 e. The fourth-order valence-corrected chi connectivity index (χ4v) is 3.57. The van der Waals surface area contributed by atoms with Crippen molar-refractivity contribution >= 4 is 11.7 Å². The number of carbonyl (C=O) groups excluding carboxylic acids is 1. The predicted molar refractivity (Wildman–Crippen MR) is 91.8 cm³/mol. The van der Waals surface area contributed by atoms with E-state index >= 15 is 0 Å². The zero-order chi connectivity index (χ0) is 16.1. The summed E-state index contributed by atoms with van der Waals surface area (Å²) in [5, 5.41) is 3.06. The Hall–Kier alpha value is -1.75. The third kappa shape index (κ3) is 3.96. The smallest absolute Gasteiger partial charge is 0.317 e. The minimum absolute atomic E-state index is 0.0785. The molecule has 2 aliphatic heterocycles. The van der Waals surface area contributed by atoms with Crippen LogP contribution in [0.15, 0.2) is 30.3 Å². The molecular weight excluding hydrogens is 290 g/mol. The van der Waals surface area contributed by atoms with Gasteiger partial charge in [-0.3, -0.25) is 0 Å². The number of amides is 2. The molecule has 0 unspecified atom stereocenters. The van der Waals surface area contributed by atoms with Crippen molar-refractivity contribution in [2.75, 3.05) is 51.3 Å². The summed E-state index contributed by atoms with van der Waals surface area (Å²) < 4.78 is 5.46. The topological polar surface area (TPSA) is 44.8 Å². The minimum Gasteiger partial charge on any atom is -0.381 e. The number of nitrogens with one attached hydrogen (secondary N) is 1. The Bertz CT molecular complexity index is 514. The van der Waals surface area contributed by atoms with Crippen LogP contribution in [0.2, 0.25) is 0 Å². The zero-order valence-electron chi connectivity index (χ0n) is 14.0. The lowest BCUT2D eigenvalue weighted by atomic mass is 9.80. The number of likely N-dealkylation sites (tertiary alicyclic amines) is 1. The van der Waals surface area contributed by atoms with Gasteiger partial charge in [0.1, 0.15) is 0 Å². The first kappa shape index (κ1) is 16.1. The molecule has 1 spiro atoms. The molecule has 23 heavy (non-hydrogen) atoms. The number of rotatable bonds is 4. The van der Waals surface area contributed by atoms with Crippen LogP contribution in [-0.4, -0.2) is 57.4 Å². The van der Waals surface area contributed by atoms with Gasteiger partial charge in [-0.2, -0.15) is 0 Å². The molecule has 1 N–H and O–H groups in total. The second kappa shape index (κ2) is 7.21. The second-order valence-corrected chi connectivity index (χ2v) is 6.77. The highest BCUT2D eigenvalue weighted by Crippen LogP contribution is 2.39. The van der Waals surface area contributed by atoms with Crippen molar-refractivity contribution in [3.8, 4) is 0 Å². The summed E-state index contributed by atoms with van der Waals surface area (Å²) >= 11 is 0. The summed E-state index contributed by atoms with van der Waals surface area (Å²) in [5.74, 6) is 0. The number of anilines is 1. The first-order chi connectivity index (χ1) is 11.2. The molecular formula is C18H27N3O2. The number of para-hydroxylation sites is 1. The Balaban J connectivity index is 1.41. The van der Waals surface area contributed by atoms with E-state index in [1.807, 2.05) is 30.1 Å². The number of ether oxygens (including phenoxy) is 1. The molecule has 0 radical (unpaired) electrons. The van der Waals surface area contributed by atoms with E-state index in [4.69, 9.17) is 4.74 Å². The van der Waals surface area contributed by atoms with Crippen molar-refractivity contribution < 1.29 is 9.53 Å². The third-order valence-corrected chi connectivity index (χ3v) is 5.20. The Morgan fingerprint density at radius 1 is 1.26 bits per heavy atom. The maximum absolute atomic E-state index is 12.4. The molecule has 2 amide bonds. The average molecular weight is 317 g/mol. The Morgan fingerprint density at radius 2 is 2.00 bits per heavy atom. The van der Waals surface area contributed by atoms with Gasteiger partial charge in [0.05, 0.1) is 0 Å². The monoisotopic (exact) mass is 317 g/mol. The first-order valence-corrected chi connectivity index (χ1v) is 8.55. The molecule has 5 nitrogen and oxygen atoms in total. The number of urea groups is 1. The van der Waals surface area contributed by atoms with Gasteiger partial charge in [-0.15, -0.1) is 0 Å². The van der Waals surface area contributed by atoms with Crippen LogP contribution < -0.4 is 10.2 Å². The van der Waals surface area contributed by atoms with Crippen LogP contribution in [0.3, 0.4) is 0 Å². The van der Waals surface area contributed by atoms with E-state index in [1.165, 1.54) is 5.69 Å². The van der Waals surface area contributed by atoms with E-state index in [0.717, 1.165) is 52.1 Å². The lowest BCUT2D eigenvalue weighted by molar-refractivity contribution is 0.0209. The average Bonchev–Trinajstić information content (AvgIpc) is 2.99. The van der Waals surface area contributed by atoms with Gasteiger partial charge in [-0.05, 0) is 36.8 Å². The van der Waals surface area contributed by atoms with Crippen LogP contribution in [-0.2, 0) is 4.74 Å². The number of likely N-dealkylation sites (N-methyl/N-ethyl adjacent to an activating group) is 1. The first-order valence-electron chi connectivity index (χ1n) is 8.55. The van der Waals surface area contributed by atoms with Gasteiger partial charge in [-0.25, -0.2) is 4.79 Å². The van der Waals surface area contributed by atoms with Crippen molar-refractivity contribution in [2.45, 2.75) is 19.3 Å². The zero-order valence-corrected chi connectivity index (χ0v) is 14.0. The molecule has 2 saturated heterocycles. The number of hydrogen-bond acceptors (Lipinski definition) is 3. The van der Waals surface area contributed by atoms with Crippen molar-refractivity contribution in [2.24, 2.45) is 5.41 Å². The van der Waals surface area contributed by atoms with Crippen LogP contribution in [0.4, 0.5) is 10.5 Å². The van der Waals surface area contributed by atoms with Crippen LogP contribution in [0.25, 0.3) is 0 Å². The molecule has 3 rings (SSSR count). The summed E-state index contributed by atoms with van der Waals surface area (Å²) in [6.45, 7) is 4.92. The molecule has 0 atom stereocenters. The van der Waals surface area contributed by atoms with Crippen molar-refractivity contribution in [1.82, 2.24) is 10.2 Å². The molecule has 2 heterocycles. The van der Waals surface area contributed by atoms with E-state index < -0.39 is 0 Å². The van der Waals surface area contributed by atoms with Crippen LogP contribution in [0, 0.1) is 5.41 Å². The van der Waals surface area contributed by atoms with E-state index in [0.29, 0.717) is 12.0 Å². The fourth-order valence-electron chi connectivity index (χ4n) is 3.57. The summed E-state index contributed by atoms with van der Waals surface area (Å²) in [6, 6.07) is 10.3. The SMILES string of the molecule is CN(CCNC(=O)N1CCC2(CCOCC2)C1)c1ccccc1. The van der Waals surface area contributed by atoms with E-state index in [2.05, 4.69) is 22.3 Å². The number of nitrogens with zero attached hydrogens (tertiary/aromatic N) is 2. The third-order valence-electron chi connectivity index (χ3n) is 5.20.